The number of carbonyl (C=O) groups is 1. The third-order valence-electron chi connectivity index (χ3n) is 4.72. The van der Waals surface area contributed by atoms with Gasteiger partial charge in [-0.2, -0.15) is 0 Å². The van der Waals surface area contributed by atoms with Crippen molar-refractivity contribution < 1.29 is 19.0 Å². The first-order valence-corrected chi connectivity index (χ1v) is 8.85. The number of amides is 1. The van der Waals surface area contributed by atoms with Gasteiger partial charge in [-0.3, -0.25) is 4.79 Å². The van der Waals surface area contributed by atoms with Crippen molar-refractivity contribution in [1.82, 2.24) is 5.32 Å². The van der Waals surface area contributed by atoms with E-state index in [2.05, 4.69) is 5.32 Å². The molecule has 1 atom stereocenters. The van der Waals surface area contributed by atoms with Crippen molar-refractivity contribution in [3.8, 4) is 11.5 Å². The van der Waals surface area contributed by atoms with E-state index in [0.29, 0.717) is 44.1 Å². The lowest BCUT2D eigenvalue weighted by Gasteiger charge is -2.35. The van der Waals surface area contributed by atoms with Gasteiger partial charge in [-0.15, -0.1) is 0 Å². The fourth-order valence-corrected chi connectivity index (χ4v) is 3.02. The summed E-state index contributed by atoms with van der Waals surface area (Å²) in [7, 11) is 1.61. The number of hydrogen-bond donors (Lipinski definition) is 2. The van der Waals surface area contributed by atoms with Crippen LogP contribution in [0.25, 0.3) is 0 Å². The van der Waals surface area contributed by atoms with E-state index >= 15 is 0 Å². The zero-order chi connectivity index (χ0) is 18.4. The van der Waals surface area contributed by atoms with Gasteiger partial charge in [0, 0.05) is 19.8 Å². The number of rotatable bonds is 7. The predicted octanol–water partition coefficient (Wildman–Crippen LogP) is 2.42. The van der Waals surface area contributed by atoms with Crippen molar-refractivity contribution in [2.45, 2.75) is 45.8 Å². The Morgan fingerprint density at radius 1 is 1.28 bits per heavy atom. The normalized spacial score (nSPS) is 17.8. The van der Waals surface area contributed by atoms with Crippen LogP contribution in [0.2, 0.25) is 0 Å². The SMILES string of the molecule is COc1cc(C(C)NC(=O)C2(CN)CCOCC2)ccc1OC(C)C. The van der Waals surface area contributed by atoms with Crippen LogP contribution in [0.3, 0.4) is 0 Å². The van der Waals surface area contributed by atoms with Gasteiger partial charge in [-0.25, -0.2) is 0 Å². The summed E-state index contributed by atoms with van der Waals surface area (Å²) in [5.41, 5.74) is 6.34. The lowest BCUT2D eigenvalue weighted by molar-refractivity contribution is -0.136. The van der Waals surface area contributed by atoms with Gasteiger partial charge in [0.15, 0.2) is 11.5 Å². The van der Waals surface area contributed by atoms with Crippen molar-refractivity contribution >= 4 is 5.91 Å². The number of nitrogens with two attached hydrogens (primary N) is 1. The average Bonchev–Trinajstić information content (AvgIpc) is 2.61. The third kappa shape index (κ3) is 4.64. The Labute approximate surface area is 150 Å². The molecule has 0 spiro atoms. The van der Waals surface area contributed by atoms with E-state index in [9.17, 15) is 4.79 Å². The van der Waals surface area contributed by atoms with E-state index in [-0.39, 0.29) is 18.1 Å². The molecule has 1 fully saturated rings. The van der Waals surface area contributed by atoms with Crippen molar-refractivity contribution in [2.75, 3.05) is 26.9 Å². The molecule has 0 radical (unpaired) electrons. The molecule has 1 aliphatic rings. The highest BCUT2D eigenvalue weighted by Crippen LogP contribution is 2.33. The fourth-order valence-electron chi connectivity index (χ4n) is 3.02. The molecule has 1 aliphatic heterocycles. The average molecular weight is 350 g/mol. The molecule has 140 valence electrons. The van der Waals surface area contributed by atoms with Crippen LogP contribution in [0.1, 0.15) is 45.2 Å². The number of hydrogen-bond acceptors (Lipinski definition) is 5. The summed E-state index contributed by atoms with van der Waals surface area (Å²) in [4.78, 5) is 12.8. The van der Waals surface area contributed by atoms with Crippen LogP contribution in [0.5, 0.6) is 11.5 Å². The quantitative estimate of drug-likeness (QED) is 0.789. The first kappa shape index (κ1) is 19.5. The molecule has 1 aromatic carbocycles. The third-order valence-corrected chi connectivity index (χ3v) is 4.72. The Morgan fingerprint density at radius 2 is 1.96 bits per heavy atom. The standard InChI is InChI=1S/C19H30N2O4/c1-13(2)25-16-6-5-15(11-17(16)23-4)14(3)21-18(22)19(12-20)7-9-24-10-8-19/h5-6,11,13-14H,7-10,12,20H2,1-4H3,(H,21,22). The van der Waals surface area contributed by atoms with Crippen LogP contribution >= 0.6 is 0 Å². The topological polar surface area (TPSA) is 82.8 Å². The molecular formula is C19H30N2O4. The molecule has 25 heavy (non-hydrogen) atoms. The maximum atomic E-state index is 12.8. The molecule has 3 N–H and O–H groups in total. The van der Waals surface area contributed by atoms with E-state index in [1.165, 1.54) is 0 Å². The monoisotopic (exact) mass is 350 g/mol. The summed E-state index contributed by atoms with van der Waals surface area (Å²) < 4.78 is 16.5. The van der Waals surface area contributed by atoms with Crippen LogP contribution in [0, 0.1) is 5.41 Å². The van der Waals surface area contributed by atoms with Crippen LogP contribution in [0.15, 0.2) is 18.2 Å². The maximum Gasteiger partial charge on any atom is 0.228 e. The Morgan fingerprint density at radius 3 is 2.52 bits per heavy atom. The van der Waals surface area contributed by atoms with Gasteiger partial charge in [0.2, 0.25) is 5.91 Å². The van der Waals surface area contributed by atoms with Crippen LogP contribution in [-0.2, 0) is 9.53 Å². The summed E-state index contributed by atoms with van der Waals surface area (Å²) in [6, 6.07) is 5.58. The molecule has 1 saturated heterocycles. The molecule has 1 unspecified atom stereocenters. The van der Waals surface area contributed by atoms with Gasteiger partial charge in [0.05, 0.1) is 24.7 Å². The first-order chi connectivity index (χ1) is 11.9. The van der Waals surface area contributed by atoms with Gasteiger partial charge >= 0.3 is 0 Å². The highest BCUT2D eigenvalue weighted by molar-refractivity contribution is 5.83. The highest BCUT2D eigenvalue weighted by Gasteiger charge is 2.39. The Bertz CT molecular complexity index is 583. The number of nitrogens with one attached hydrogen (secondary N) is 1. The van der Waals surface area contributed by atoms with E-state index in [1.807, 2.05) is 39.0 Å². The summed E-state index contributed by atoms with van der Waals surface area (Å²) >= 11 is 0. The second kappa shape index (κ2) is 8.54. The molecule has 1 heterocycles. The second-order valence-corrected chi connectivity index (χ2v) is 6.87. The summed E-state index contributed by atoms with van der Waals surface area (Å²) in [5.74, 6) is 1.35. The predicted molar refractivity (Wildman–Crippen MR) is 96.9 cm³/mol. The molecule has 1 aromatic rings. The smallest absolute Gasteiger partial charge is 0.228 e. The number of ether oxygens (including phenoxy) is 3. The first-order valence-electron chi connectivity index (χ1n) is 8.85. The van der Waals surface area contributed by atoms with E-state index < -0.39 is 5.41 Å². The van der Waals surface area contributed by atoms with Gasteiger partial charge in [-0.1, -0.05) is 6.07 Å². The van der Waals surface area contributed by atoms with Gasteiger partial charge in [0.1, 0.15) is 0 Å². The van der Waals surface area contributed by atoms with Crippen LogP contribution in [-0.4, -0.2) is 38.9 Å². The van der Waals surface area contributed by atoms with Crippen molar-refractivity contribution in [1.29, 1.82) is 0 Å². The molecular weight excluding hydrogens is 320 g/mol. The molecule has 2 rings (SSSR count). The lowest BCUT2D eigenvalue weighted by Crippen LogP contribution is -2.49. The molecule has 6 heteroatoms. The summed E-state index contributed by atoms with van der Waals surface area (Å²) in [5, 5.41) is 3.10. The zero-order valence-corrected chi connectivity index (χ0v) is 15.6. The molecule has 0 aromatic heterocycles. The van der Waals surface area contributed by atoms with Crippen molar-refractivity contribution in [3.63, 3.8) is 0 Å². The minimum absolute atomic E-state index is 0.00715. The van der Waals surface area contributed by atoms with Gasteiger partial charge < -0.3 is 25.3 Å². The van der Waals surface area contributed by atoms with Crippen molar-refractivity contribution in [3.05, 3.63) is 23.8 Å². The Balaban J connectivity index is 2.11. The minimum Gasteiger partial charge on any atom is -0.493 e. The number of carbonyl (C=O) groups excluding carboxylic acids is 1. The molecule has 1 amide bonds. The molecule has 6 nitrogen and oxygen atoms in total. The fraction of sp³-hybridized carbons (Fsp3) is 0.632. The maximum absolute atomic E-state index is 12.8. The van der Waals surface area contributed by atoms with Crippen LogP contribution < -0.4 is 20.5 Å². The Kier molecular flexibility index (Phi) is 6.67. The molecule has 0 saturated carbocycles. The zero-order valence-electron chi connectivity index (χ0n) is 15.6. The summed E-state index contributed by atoms with van der Waals surface area (Å²) in [6.45, 7) is 7.38. The van der Waals surface area contributed by atoms with E-state index in [1.54, 1.807) is 7.11 Å². The van der Waals surface area contributed by atoms with Crippen LogP contribution in [0.4, 0.5) is 0 Å². The van der Waals surface area contributed by atoms with Gasteiger partial charge in [-0.05, 0) is 51.3 Å². The van der Waals surface area contributed by atoms with E-state index in [0.717, 1.165) is 5.56 Å². The lowest BCUT2D eigenvalue weighted by atomic mass is 9.79. The molecule has 0 aliphatic carbocycles. The largest absolute Gasteiger partial charge is 0.493 e. The highest BCUT2D eigenvalue weighted by atomic mass is 16.5. The van der Waals surface area contributed by atoms with Gasteiger partial charge in [0.25, 0.3) is 0 Å². The molecule has 0 bridgehead atoms. The summed E-state index contributed by atoms with van der Waals surface area (Å²) in [6.07, 6.45) is 1.38. The Hall–Kier alpha value is -1.79. The number of benzene rings is 1. The number of methoxy groups -OCH3 is 1. The van der Waals surface area contributed by atoms with Crippen molar-refractivity contribution in [2.24, 2.45) is 11.1 Å². The minimum atomic E-state index is -0.530. The second-order valence-electron chi connectivity index (χ2n) is 6.87. The van der Waals surface area contributed by atoms with E-state index in [4.69, 9.17) is 19.9 Å².